The molecule has 1 fully saturated rings. The molecule has 0 radical (unpaired) electrons. The lowest BCUT2D eigenvalue weighted by atomic mass is 10.0. The van der Waals surface area contributed by atoms with E-state index in [9.17, 15) is 24.7 Å². The van der Waals surface area contributed by atoms with Crippen molar-refractivity contribution >= 4 is 17.9 Å². The van der Waals surface area contributed by atoms with Gasteiger partial charge < -0.3 is 18.9 Å². The van der Waals surface area contributed by atoms with Gasteiger partial charge in [0.05, 0.1) is 16.7 Å². The molecule has 0 aliphatic carbocycles. The van der Waals surface area contributed by atoms with Crippen LogP contribution < -0.4 is 5.69 Å². The van der Waals surface area contributed by atoms with E-state index in [1.165, 1.54) is 66.0 Å². The highest BCUT2D eigenvalue weighted by molar-refractivity contribution is 5.91. The fourth-order valence-electron chi connectivity index (χ4n) is 4.95. The molecule has 16 heteroatoms. The second-order valence-electron chi connectivity index (χ2n) is 10.2. The molecule has 1 saturated heterocycles. The van der Waals surface area contributed by atoms with Crippen molar-refractivity contribution in [1.29, 1.82) is 0 Å². The Bertz CT molecular complexity index is 2020. The minimum Gasteiger partial charge on any atom is -0.459 e. The predicted octanol–water partition coefficient (Wildman–Crippen LogP) is 3.67. The summed E-state index contributed by atoms with van der Waals surface area (Å²) >= 11 is 0. The molecule has 0 N–H and O–H groups in total. The molecule has 3 aromatic carbocycles. The molecule has 0 saturated carbocycles. The maximum atomic E-state index is 13.5. The molecule has 6 rings (SSSR count). The second-order valence-corrected chi connectivity index (χ2v) is 10.2. The van der Waals surface area contributed by atoms with Crippen LogP contribution in [0.4, 0.5) is 0 Å². The van der Waals surface area contributed by atoms with Gasteiger partial charge in [0.15, 0.2) is 24.3 Å². The van der Waals surface area contributed by atoms with Gasteiger partial charge in [0.2, 0.25) is 5.72 Å². The lowest BCUT2D eigenvalue weighted by molar-refractivity contribution is -0.129. The molecule has 0 amide bonds. The van der Waals surface area contributed by atoms with Crippen LogP contribution >= 0.6 is 0 Å². The zero-order valence-corrected chi connectivity index (χ0v) is 24.8. The van der Waals surface area contributed by atoms with Gasteiger partial charge >= 0.3 is 23.6 Å². The molecule has 2 unspecified atom stereocenters. The summed E-state index contributed by atoms with van der Waals surface area (Å²) in [5, 5.41) is 7.76. The third-order valence-corrected chi connectivity index (χ3v) is 7.22. The number of hydrogen-bond donors (Lipinski definition) is 0. The Morgan fingerprint density at radius 3 is 1.98 bits per heavy atom. The van der Waals surface area contributed by atoms with Gasteiger partial charge in [-0.25, -0.2) is 28.8 Å². The van der Waals surface area contributed by atoms with Crippen LogP contribution in [0, 0.1) is 0 Å². The van der Waals surface area contributed by atoms with Crippen molar-refractivity contribution in [2.75, 3.05) is 6.61 Å². The number of carbonyl (C=O) groups excluding carboxylic acids is 3. The molecule has 240 valence electrons. The van der Waals surface area contributed by atoms with Crippen LogP contribution in [0.25, 0.3) is 16.3 Å². The van der Waals surface area contributed by atoms with Crippen molar-refractivity contribution in [2.45, 2.75) is 24.2 Å². The summed E-state index contributed by atoms with van der Waals surface area (Å²) in [5.74, 6) is -2.51. The lowest BCUT2D eigenvalue weighted by Crippen LogP contribution is -2.49. The van der Waals surface area contributed by atoms with Crippen LogP contribution in [0.2, 0.25) is 0 Å². The van der Waals surface area contributed by atoms with E-state index < -0.39 is 54.4 Å². The first-order valence-corrected chi connectivity index (χ1v) is 14.3. The van der Waals surface area contributed by atoms with E-state index in [2.05, 4.69) is 25.1 Å². The molecule has 3 heterocycles. The SMILES string of the molecule is [N-]=[N+]=N[C@]1(COC(=O)c2ccccc2)OC(n2ccc(-n3cncn3)nc2=O)C(OC(=O)c2ccccc2)[C@H]1OC(=O)c1ccccc1. The van der Waals surface area contributed by atoms with Crippen LogP contribution in [0.5, 0.6) is 0 Å². The van der Waals surface area contributed by atoms with Gasteiger partial charge in [-0.15, -0.1) is 0 Å². The van der Waals surface area contributed by atoms with Crippen molar-refractivity contribution in [3.63, 3.8) is 0 Å². The monoisotopic (exact) mass is 648 g/mol. The van der Waals surface area contributed by atoms with Crippen LogP contribution in [0.1, 0.15) is 37.3 Å². The van der Waals surface area contributed by atoms with Gasteiger partial charge in [-0.3, -0.25) is 4.57 Å². The minimum absolute atomic E-state index is 0.0984. The van der Waals surface area contributed by atoms with Crippen molar-refractivity contribution in [3.05, 3.63) is 154 Å². The summed E-state index contributed by atoms with van der Waals surface area (Å²) in [4.78, 5) is 64.2. The average Bonchev–Trinajstić information content (AvgIpc) is 3.76. The van der Waals surface area contributed by atoms with Crippen LogP contribution in [-0.2, 0) is 18.9 Å². The van der Waals surface area contributed by atoms with E-state index in [1.54, 1.807) is 54.6 Å². The van der Waals surface area contributed by atoms with E-state index >= 15 is 0 Å². The largest absolute Gasteiger partial charge is 0.459 e. The van der Waals surface area contributed by atoms with Gasteiger partial charge in [0, 0.05) is 11.1 Å². The molecule has 1 aliphatic rings. The first kappa shape index (κ1) is 31.3. The number of aromatic nitrogens is 5. The standard InChI is InChI=1S/C32H24N8O8/c33-38-37-32(18-45-28(41)21-10-4-1-5-11-21)26(47-30(43)23-14-8-3-9-15-23)25(46-29(42)22-12-6-2-7-13-22)27(48-32)39-17-16-24(36-31(39)44)40-20-34-19-35-40/h1-17,19-20,25-27H,18H2/t25?,26-,27?,32-/m1/s1. The maximum Gasteiger partial charge on any atom is 0.351 e. The summed E-state index contributed by atoms with van der Waals surface area (Å²) in [6, 6.07) is 25.1. The molecule has 1 aliphatic heterocycles. The average molecular weight is 649 g/mol. The van der Waals surface area contributed by atoms with Gasteiger partial charge in [-0.05, 0) is 48.0 Å². The zero-order valence-electron chi connectivity index (χ0n) is 24.8. The summed E-state index contributed by atoms with van der Waals surface area (Å²) in [6.45, 7) is -0.813. The highest BCUT2D eigenvalue weighted by Gasteiger charge is 2.61. The Kier molecular flexibility index (Phi) is 9.00. The molecular weight excluding hydrogens is 624 g/mol. The normalized spacial score (nSPS) is 19.9. The van der Waals surface area contributed by atoms with Crippen LogP contribution in [0.3, 0.4) is 0 Å². The first-order valence-electron chi connectivity index (χ1n) is 14.3. The van der Waals surface area contributed by atoms with Crippen molar-refractivity contribution in [3.8, 4) is 5.82 Å². The van der Waals surface area contributed by atoms with Gasteiger partial charge in [-0.1, -0.05) is 59.7 Å². The van der Waals surface area contributed by atoms with Gasteiger partial charge in [-0.2, -0.15) is 10.1 Å². The Labute approximate surface area is 270 Å². The fourth-order valence-corrected chi connectivity index (χ4v) is 4.95. The molecule has 2 aromatic heterocycles. The third-order valence-electron chi connectivity index (χ3n) is 7.22. The van der Waals surface area contributed by atoms with Gasteiger partial charge in [0.25, 0.3) is 0 Å². The summed E-state index contributed by atoms with van der Waals surface area (Å²) in [7, 11) is 0. The Hall–Kier alpha value is -6.64. The Morgan fingerprint density at radius 1 is 0.854 bits per heavy atom. The fraction of sp³-hybridized carbons (Fsp3) is 0.156. The summed E-state index contributed by atoms with van der Waals surface area (Å²) in [5.41, 5.74) is 6.87. The van der Waals surface area contributed by atoms with E-state index in [1.807, 2.05) is 0 Å². The second kappa shape index (κ2) is 13.8. The number of ether oxygens (including phenoxy) is 4. The number of carbonyl (C=O) groups is 3. The Morgan fingerprint density at radius 2 is 1.44 bits per heavy atom. The number of nitrogens with zero attached hydrogens (tertiary/aromatic N) is 8. The van der Waals surface area contributed by atoms with E-state index in [4.69, 9.17) is 18.9 Å². The number of esters is 3. The van der Waals surface area contributed by atoms with E-state index in [0.717, 1.165) is 4.57 Å². The molecule has 0 spiro atoms. The first-order chi connectivity index (χ1) is 23.4. The lowest BCUT2D eigenvalue weighted by Gasteiger charge is -2.29. The molecule has 5 aromatic rings. The smallest absolute Gasteiger partial charge is 0.351 e. The number of azide groups is 1. The third kappa shape index (κ3) is 6.50. The zero-order chi connectivity index (χ0) is 33.5. The molecular formula is C32H24N8O8. The Balaban J connectivity index is 1.45. The highest BCUT2D eigenvalue weighted by Crippen LogP contribution is 2.43. The van der Waals surface area contributed by atoms with Crippen molar-refractivity contribution in [1.82, 2.24) is 24.3 Å². The quantitative estimate of drug-likeness (QED) is 0.0703. The minimum atomic E-state index is -2.35. The summed E-state index contributed by atoms with van der Waals surface area (Å²) < 4.78 is 25.7. The van der Waals surface area contributed by atoms with E-state index in [0.29, 0.717) is 0 Å². The maximum absolute atomic E-state index is 13.5. The molecule has 4 atom stereocenters. The van der Waals surface area contributed by atoms with Crippen molar-refractivity contribution in [2.24, 2.45) is 5.11 Å². The predicted molar refractivity (Wildman–Crippen MR) is 163 cm³/mol. The number of hydrogen-bond acceptors (Lipinski definition) is 12. The number of benzene rings is 3. The van der Waals surface area contributed by atoms with Crippen molar-refractivity contribution < 1.29 is 33.3 Å². The van der Waals surface area contributed by atoms with Gasteiger partial charge in [0.1, 0.15) is 19.3 Å². The van der Waals surface area contributed by atoms with E-state index in [-0.39, 0.29) is 22.5 Å². The molecule has 16 nitrogen and oxygen atoms in total. The topological polar surface area (TPSA) is 202 Å². The molecule has 48 heavy (non-hydrogen) atoms. The summed E-state index contributed by atoms with van der Waals surface area (Å²) in [6.07, 6.45) is -1.17. The molecule has 0 bridgehead atoms. The van der Waals surface area contributed by atoms with Crippen LogP contribution in [-0.4, -0.2) is 66.8 Å². The number of rotatable bonds is 10. The van der Waals surface area contributed by atoms with Crippen LogP contribution in [0.15, 0.2) is 126 Å². The highest BCUT2D eigenvalue weighted by atomic mass is 16.7.